The van der Waals surface area contributed by atoms with Gasteiger partial charge in [-0.3, -0.25) is 0 Å². The summed E-state index contributed by atoms with van der Waals surface area (Å²) >= 11 is 0. The van der Waals surface area contributed by atoms with E-state index < -0.39 is 0 Å². The molecule has 0 unspecified atom stereocenters. The molecule has 3 nitrogen and oxygen atoms in total. The monoisotopic (exact) mass is 362 g/mol. The zero-order chi connectivity index (χ0) is 19.4. The molecule has 1 fully saturated rings. The molecule has 0 heterocycles. The molecule has 3 N–H and O–H groups in total. The van der Waals surface area contributed by atoms with Crippen molar-refractivity contribution >= 4 is 0 Å². The fourth-order valence-electron chi connectivity index (χ4n) is 3.89. The maximum Gasteiger partial charge on any atom is 0.200 e. The van der Waals surface area contributed by atoms with Crippen LogP contribution in [0.3, 0.4) is 0 Å². The van der Waals surface area contributed by atoms with Gasteiger partial charge in [-0.1, -0.05) is 47.0 Å². The van der Waals surface area contributed by atoms with E-state index in [1.54, 1.807) is 0 Å². The third kappa shape index (κ3) is 5.82. The standard InChI is InChI=1S/C23H38O3/c1-5-23(14-15-23)13-9-7-11-18-16-17(19(24)21(26)20(18)25)10-6-8-12-22(2,3)4/h16,24-26H,5-15H2,1-4H3. The van der Waals surface area contributed by atoms with Gasteiger partial charge in [-0.25, -0.2) is 0 Å². The summed E-state index contributed by atoms with van der Waals surface area (Å²) in [5.74, 6) is -0.636. The highest BCUT2D eigenvalue weighted by molar-refractivity contribution is 5.57. The molecular weight excluding hydrogens is 324 g/mol. The van der Waals surface area contributed by atoms with Crippen LogP contribution >= 0.6 is 0 Å². The molecule has 0 saturated heterocycles. The fraction of sp³-hybridized carbons (Fsp3) is 0.739. The predicted octanol–water partition coefficient (Wildman–Crippen LogP) is 6.47. The Kier molecular flexibility index (Phi) is 6.87. The summed E-state index contributed by atoms with van der Waals surface area (Å²) in [6, 6.07) is 1.90. The highest BCUT2D eigenvalue weighted by Crippen LogP contribution is 2.52. The molecule has 3 heteroatoms. The number of unbranched alkanes of at least 4 members (excludes halogenated alkanes) is 2. The highest BCUT2D eigenvalue weighted by atomic mass is 16.3. The average Bonchev–Trinajstić information content (AvgIpc) is 3.36. The van der Waals surface area contributed by atoms with Crippen molar-refractivity contribution in [3.8, 4) is 17.2 Å². The van der Waals surface area contributed by atoms with Crippen molar-refractivity contribution in [2.75, 3.05) is 0 Å². The summed E-state index contributed by atoms with van der Waals surface area (Å²) in [6.45, 7) is 8.99. The third-order valence-corrected chi connectivity index (χ3v) is 6.14. The van der Waals surface area contributed by atoms with Crippen LogP contribution in [0.4, 0.5) is 0 Å². The first kappa shape index (κ1) is 20.9. The summed E-state index contributed by atoms with van der Waals surface area (Å²) in [7, 11) is 0. The quantitative estimate of drug-likeness (QED) is 0.330. The zero-order valence-corrected chi connectivity index (χ0v) is 17.2. The normalized spacial score (nSPS) is 16.0. The second kappa shape index (κ2) is 8.54. The van der Waals surface area contributed by atoms with Crippen LogP contribution in [0.2, 0.25) is 0 Å². The van der Waals surface area contributed by atoms with Crippen LogP contribution in [-0.2, 0) is 12.8 Å². The lowest BCUT2D eigenvalue weighted by atomic mass is 9.89. The van der Waals surface area contributed by atoms with E-state index in [4.69, 9.17) is 0 Å². The van der Waals surface area contributed by atoms with Crippen LogP contribution in [0.5, 0.6) is 17.2 Å². The number of benzene rings is 1. The van der Waals surface area contributed by atoms with Gasteiger partial charge in [-0.05, 0) is 79.4 Å². The van der Waals surface area contributed by atoms with Gasteiger partial charge in [-0.2, -0.15) is 0 Å². The van der Waals surface area contributed by atoms with E-state index in [-0.39, 0.29) is 17.2 Å². The maximum atomic E-state index is 10.2. The smallest absolute Gasteiger partial charge is 0.200 e. The molecule has 0 spiro atoms. The van der Waals surface area contributed by atoms with Crippen LogP contribution in [0.1, 0.15) is 96.6 Å². The average molecular weight is 363 g/mol. The van der Waals surface area contributed by atoms with Gasteiger partial charge in [0.25, 0.3) is 0 Å². The maximum absolute atomic E-state index is 10.2. The molecule has 0 aromatic heterocycles. The van der Waals surface area contributed by atoms with Gasteiger partial charge in [0.05, 0.1) is 0 Å². The lowest BCUT2D eigenvalue weighted by Gasteiger charge is -2.18. The van der Waals surface area contributed by atoms with Crippen LogP contribution in [0.15, 0.2) is 6.07 Å². The van der Waals surface area contributed by atoms with E-state index in [1.807, 2.05) is 6.07 Å². The largest absolute Gasteiger partial charge is 0.504 e. The van der Waals surface area contributed by atoms with Crippen LogP contribution < -0.4 is 0 Å². The number of aromatic hydroxyl groups is 3. The fourth-order valence-corrected chi connectivity index (χ4v) is 3.89. The lowest BCUT2D eigenvalue weighted by molar-refractivity contribution is 0.354. The predicted molar refractivity (Wildman–Crippen MR) is 108 cm³/mol. The van der Waals surface area contributed by atoms with Gasteiger partial charge in [0.15, 0.2) is 11.5 Å². The van der Waals surface area contributed by atoms with Crippen molar-refractivity contribution in [3.05, 3.63) is 17.2 Å². The second-order valence-corrected chi connectivity index (χ2v) is 9.57. The highest BCUT2D eigenvalue weighted by Gasteiger charge is 2.39. The molecule has 0 amide bonds. The van der Waals surface area contributed by atoms with Gasteiger partial charge in [0.2, 0.25) is 5.75 Å². The molecule has 1 aromatic carbocycles. The van der Waals surface area contributed by atoms with Gasteiger partial charge in [0, 0.05) is 0 Å². The summed E-state index contributed by atoms with van der Waals surface area (Å²) < 4.78 is 0. The Morgan fingerprint density at radius 2 is 1.38 bits per heavy atom. The second-order valence-electron chi connectivity index (χ2n) is 9.57. The van der Waals surface area contributed by atoms with Gasteiger partial charge < -0.3 is 15.3 Å². The van der Waals surface area contributed by atoms with Gasteiger partial charge >= 0.3 is 0 Å². The molecule has 0 aliphatic heterocycles. The van der Waals surface area contributed by atoms with Crippen LogP contribution in [0.25, 0.3) is 0 Å². The van der Waals surface area contributed by atoms with Crippen LogP contribution in [0, 0.1) is 10.8 Å². The summed E-state index contributed by atoms with van der Waals surface area (Å²) in [6.07, 6.45) is 12.2. The topological polar surface area (TPSA) is 60.7 Å². The molecule has 2 rings (SSSR count). The van der Waals surface area contributed by atoms with Crippen molar-refractivity contribution in [2.45, 2.75) is 98.3 Å². The van der Waals surface area contributed by atoms with E-state index in [9.17, 15) is 15.3 Å². The Bertz CT molecular complexity index is 594. The van der Waals surface area contributed by atoms with Gasteiger partial charge in [-0.15, -0.1) is 0 Å². The number of rotatable bonds is 10. The first-order chi connectivity index (χ1) is 12.2. The third-order valence-electron chi connectivity index (χ3n) is 6.14. The Hall–Kier alpha value is -1.38. The molecule has 0 atom stereocenters. The van der Waals surface area contributed by atoms with Crippen molar-refractivity contribution < 1.29 is 15.3 Å². The summed E-state index contributed by atoms with van der Waals surface area (Å²) in [5.41, 5.74) is 2.46. The molecule has 0 bridgehead atoms. The van der Waals surface area contributed by atoms with E-state index >= 15 is 0 Å². The molecule has 148 valence electrons. The molecule has 1 aliphatic rings. The van der Waals surface area contributed by atoms with Gasteiger partial charge in [0.1, 0.15) is 0 Å². The number of hydrogen-bond donors (Lipinski definition) is 3. The molecular formula is C23H38O3. The Morgan fingerprint density at radius 3 is 1.85 bits per heavy atom. The minimum absolute atomic E-state index is 0.141. The Balaban J connectivity index is 1.90. The molecule has 1 aromatic rings. The SMILES string of the molecule is CCC1(CCCCc2cc(CCCCC(C)(C)C)c(O)c(O)c2O)CC1. The number of hydrogen-bond acceptors (Lipinski definition) is 3. The van der Waals surface area contributed by atoms with Crippen LogP contribution in [-0.4, -0.2) is 15.3 Å². The summed E-state index contributed by atoms with van der Waals surface area (Å²) in [5, 5.41) is 30.4. The van der Waals surface area contributed by atoms with Crippen molar-refractivity contribution in [1.29, 1.82) is 0 Å². The number of aryl methyl sites for hydroxylation is 2. The molecule has 1 saturated carbocycles. The van der Waals surface area contributed by atoms with Crippen molar-refractivity contribution in [2.24, 2.45) is 10.8 Å². The van der Waals surface area contributed by atoms with E-state index in [1.165, 1.54) is 25.7 Å². The number of phenols is 3. The van der Waals surface area contributed by atoms with E-state index in [0.29, 0.717) is 10.8 Å². The molecule has 26 heavy (non-hydrogen) atoms. The van der Waals surface area contributed by atoms with E-state index in [2.05, 4.69) is 27.7 Å². The first-order valence-electron chi connectivity index (χ1n) is 10.4. The minimum atomic E-state index is -0.347. The minimum Gasteiger partial charge on any atom is -0.504 e. The summed E-state index contributed by atoms with van der Waals surface area (Å²) in [4.78, 5) is 0. The first-order valence-corrected chi connectivity index (χ1v) is 10.4. The number of phenolic OH excluding ortho intramolecular Hbond substituents is 3. The zero-order valence-electron chi connectivity index (χ0n) is 17.2. The Morgan fingerprint density at radius 1 is 0.846 bits per heavy atom. The molecule has 0 radical (unpaired) electrons. The van der Waals surface area contributed by atoms with Crippen molar-refractivity contribution in [3.63, 3.8) is 0 Å². The van der Waals surface area contributed by atoms with Crippen molar-refractivity contribution in [1.82, 2.24) is 0 Å². The lowest BCUT2D eigenvalue weighted by Crippen LogP contribution is -2.04. The van der Waals surface area contributed by atoms with E-state index in [0.717, 1.165) is 56.1 Å². The Labute approximate surface area is 159 Å². The molecule has 1 aliphatic carbocycles.